The van der Waals surface area contributed by atoms with Gasteiger partial charge in [-0.1, -0.05) is 21.6 Å². The van der Waals surface area contributed by atoms with Crippen LogP contribution in [-0.2, 0) is 21.0 Å². The van der Waals surface area contributed by atoms with Crippen molar-refractivity contribution >= 4 is 39.1 Å². The van der Waals surface area contributed by atoms with E-state index in [0.717, 1.165) is 4.47 Å². The molecule has 0 aliphatic carbocycles. The van der Waals surface area contributed by atoms with E-state index in [2.05, 4.69) is 46.5 Å². The van der Waals surface area contributed by atoms with Crippen molar-refractivity contribution in [3.8, 4) is 11.1 Å². The van der Waals surface area contributed by atoms with E-state index in [0.29, 0.717) is 34.8 Å². The number of hydrogen-bond acceptors (Lipinski definition) is 12. The lowest BCUT2D eigenvalue weighted by Crippen LogP contribution is -2.52. The van der Waals surface area contributed by atoms with E-state index in [-0.39, 0.29) is 30.8 Å². The zero-order valence-electron chi connectivity index (χ0n) is 23.9. The summed E-state index contributed by atoms with van der Waals surface area (Å²) in [6, 6.07) is 10.3. The van der Waals surface area contributed by atoms with Crippen LogP contribution in [-0.4, -0.2) is 89.8 Å². The lowest BCUT2D eigenvalue weighted by molar-refractivity contribution is -0.0415. The molecule has 5 atom stereocenters. The highest BCUT2D eigenvalue weighted by Crippen LogP contribution is 2.35. The van der Waals surface area contributed by atoms with Gasteiger partial charge >= 0.3 is 6.09 Å². The van der Waals surface area contributed by atoms with Gasteiger partial charge in [-0.25, -0.2) is 13.9 Å². The maximum atomic E-state index is 15.7. The molecule has 3 aliphatic rings. The molecule has 1 aromatic carbocycles. The van der Waals surface area contributed by atoms with Crippen LogP contribution in [0.25, 0.3) is 11.1 Å². The Bertz CT molecular complexity index is 1790. The molecule has 1 fully saturated rings. The van der Waals surface area contributed by atoms with Gasteiger partial charge in [-0.05, 0) is 52.3 Å². The van der Waals surface area contributed by atoms with Crippen LogP contribution < -0.4 is 4.90 Å². The second-order valence-corrected chi connectivity index (χ2v) is 11.8. The number of pyridine rings is 2. The fourth-order valence-electron chi connectivity index (χ4n) is 5.64. The Morgan fingerprint density at radius 2 is 1.80 bits per heavy atom. The van der Waals surface area contributed by atoms with E-state index in [4.69, 9.17) is 14.4 Å². The normalized spacial score (nSPS) is 23.0. The third-order valence-corrected chi connectivity index (χ3v) is 8.42. The molecule has 3 aliphatic heterocycles. The van der Waals surface area contributed by atoms with Crippen LogP contribution in [0.3, 0.4) is 0 Å². The predicted molar refractivity (Wildman–Crippen MR) is 163 cm³/mol. The van der Waals surface area contributed by atoms with Crippen LogP contribution in [0.2, 0.25) is 0 Å². The average Bonchev–Trinajstić information content (AvgIpc) is 3.89. The molecule has 1 amide bonds. The van der Waals surface area contributed by atoms with Gasteiger partial charge in [0.2, 0.25) is 0 Å². The first-order valence-corrected chi connectivity index (χ1v) is 15.1. The number of amides is 1. The number of oxime groups is 2. The zero-order chi connectivity index (χ0) is 31.8. The third kappa shape index (κ3) is 5.81. The number of aliphatic hydroxyl groups is 2. The number of anilines is 1. The summed E-state index contributed by atoms with van der Waals surface area (Å²) >= 11 is 3.36. The van der Waals surface area contributed by atoms with Crippen molar-refractivity contribution in [3.05, 3.63) is 88.9 Å². The molecular weight excluding hydrogens is 667 g/mol. The summed E-state index contributed by atoms with van der Waals surface area (Å²) in [5.41, 5.74) is 3.22. The molecule has 7 rings (SSSR count). The van der Waals surface area contributed by atoms with Crippen molar-refractivity contribution in [1.82, 2.24) is 25.0 Å². The summed E-state index contributed by atoms with van der Waals surface area (Å²) in [5.74, 6) is -0.612. The summed E-state index contributed by atoms with van der Waals surface area (Å²) < 4.78 is 23.7. The van der Waals surface area contributed by atoms with Crippen molar-refractivity contribution in [2.75, 3.05) is 11.5 Å². The van der Waals surface area contributed by atoms with Gasteiger partial charge in [0, 0.05) is 47.0 Å². The van der Waals surface area contributed by atoms with Crippen molar-refractivity contribution < 1.29 is 33.8 Å². The molecule has 46 heavy (non-hydrogen) atoms. The first-order chi connectivity index (χ1) is 22.4. The summed E-state index contributed by atoms with van der Waals surface area (Å²) in [7, 11) is 0. The van der Waals surface area contributed by atoms with E-state index >= 15 is 4.39 Å². The number of rotatable bonds is 9. The van der Waals surface area contributed by atoms with Gasteiger partial charge in [-0.15, -0.1) is 5.10 Å². The molecule has 0 spiro atoms. The number of benzene rings is 1. The van der Waals surface area contributed by atoms with Gasteiger partial charge < -0.3 is 24.6 Å². The monoisotopic (exact) mass is 692 g/mol. The van der Waals surface area contributed by atoms with Crippen molar-refractivity contribution in [3.63, 3.8) is 0 Å². The van der Waals surface area contributed by atoms with Gasteiger partial charge in [-0.3, -0.25) is 14.9 Å². The maximum absolute atomic E-state index is 15.7. The highest BCUT2D eigenvalue weighted by atomic mass is 79.9. The van der Waals surface area contributed by atoms with Gasteiger partial charge in [0.25, 0.3) is 0 Å². The molecule has 2 N–H and O–H groups in total. The first-order valence-electron chi connectivity index (χ1n) is 14.3. The second-order valence-electron chi connectivity index (χ2n) is 10.9. The summed E-state index contributed by atoms with van der Waals surface area (Å²) in [6.45, 7) is -0.0646. The molecule has 4 aromatic rings. The predicted octanol–water partition coefficient (Wildman–Crippen LogP) is 3.07. The summed E-state index contributed by atoms with van der Waals surface area (Å²) in [5, 5.41) is 36.8. The van der Waals surface area contributed by atoms with E-state index in [1.807, 2.05) is 6.07 Å². The number of halogens is 2. The molecule has 4 unspecified atom stereocenters. The Labute approximate surface area is 269 Å². The highest BCUT2D eigenvalue weighted by Gasteiger charge is 2.51. The minimum absolute atomic E-state index is 0.0899. The number of aromatic nitrogens is 5. The van der Waals surface area contributed by atoms with Crippen LogP contribution in [0.1, 0.15) is 24.2 Å². The molecule has 1 saturated heterocycles. The Balaban J connectivity index is 1.14. The Morgan fingerprint density at radius 3 is 2.48 bits per heavy atom. The third-order valence-electron chi connectivity index (χ3n) is 7.95. The molecule has 0 radical (unpaired) electrons. The minimum atomic E-state index is -1.29. The van der Waals surface area contributed by atoms with E-state index in [1.54, 1.807) is 36.7 Å². The summed E-state index contributed by atoms with van der Waals surface area (Å²) in [6.07, 6.45) is 2.72. The first kappa shape index (κ1) is 29.9. The number of hydrogen-bond donors (Lipinski definition) is 2. The molecule has 0 bridgehead atoms. The van der Waals surface area contributed by atoms with Crippen molar-refractivity contribution in [2.45, 2.75) is 49.8 Å². The average molecular weight is 693 g/mol. The lowest BCUT2D eigenvalue weighted by atomic mass is 9.95. The molecule has 14 nitrogen and oxygen atoms in total. The number of carbonyl (C=O) groups is 1. The van der Waals surface area contributed by atoms with Gasteiger partial charge in [0.15, 0.2) is 12.2 Å². The molecule has 3 aromatic heterocycles. The van der Waals surface area contributed by atoms with Gasteiger partial charge in [-0.2, -0.15) is 0 Å². The van der Waals surface area contributed by atoms with Crippen LogP contribution in [0.4, 0.5) is 14.9 Å². The fraction of sp³-hybridized carbons (Fsp3) is 0.300. The second kappa shape index (κ2) is 12.5. The quantitative estimate of drug-likeness (QED) is 0.266. The topological polar surface area (TPSA) is 170 Å². The number of ether oxygens (including phenoxy) is 1. The summed E-state index contributed by atoms with van der Waals surface area (Å²) in [4.78, 5) is 34.1. The van der Waals surface area contributed by atoms with Crippen LogP contribution in [0.15, 0.2) is 82.0 Å². The smallest absolute Gasteiger partial charge is 0.415 e. The van der Waals surface area contributed by atoms with Crippen molar-refractivity contribution in [1.29, 1.82) is 0 Å². The number of aliphatic hydroxyl groups excluding tert-OH is 2. The number of carbonyl (C=O) groups excluding carboxylic acids is 1. The zero-order valence-corrected chi connectivity index (χ0v) is 25.5. The highest BCUT2D eigenvalue weighted by molar-refractivity contribution is 9.10. The molecule has 236 valence electrons. The van der Waals surface area contributed by atoms with Crippen molar-refractivity contribution in [2.24, 2.45) is 10.3 Å². The SMILES string of the molecule is O=C1O[C@H](Cn2ccnn2)C(C(O)C2CC(c3ccc(Br)cn3)=NO2)N1c1ccc(-c2ccc(C3=NOC(CO)C3)nc2)c(F)c1. The van der Waals surface area contributed by atoms with E-state index in [9.17, 15) is 15.0 Å². The molecule has 16 heteroatoms. The largest absolute Gasteiger partial charge is 0.442 e. The Hall–Kier alpha value is -4.80. The van der Waals surface area contributed by atoms with Gasteiger partial charge in [0.1, 0.15) is 35.5 Å². The van der Waals surface area contributed by atoms with Crippen LogP contribution in [0, 0.1) is 5.82 Å². The minimum Gasteiger partial charge on any atom is -0.442 e. The van der Waals surface area contributed by atoms with E-state index < -0.39 is 42.4 Å². The maximum Gasteiger partial charge on any atom is 0.415 e. The fourth-order valence-corrected chi connectivity index (χ4v) is 5.88. The number of nitrogens with zero attached hydrogens (tertiary/aromatic N) is 8. The Kier molecular flexibility index (Phi) is 8.14. The van der Waals surface area contributed by atoms with Crippen LogP contribution >= 0.6 is 15.9 Å². The molecular formula is C30H26BrFN8O6. The lowest BCUT2D eigenvalue weighted by Gasteiger charge is -2.31. The standard InChI is InChI=1S/C30H26BrFN8O6/c31-17-2-6-23(34-13-17)25-11-26(46-37-25)29(42)28-27(14-39-8-7-35-38-39)44-30(43)40(28)18-3-4-20(21(32)9-18)16-1-5-22(33-12-16)24-10-19(15-41)45-36-24/h1-9,12-13,19,26-29,41-42H,10-11,14-15H2/t19?,26?,27-,28?,29?/m1/s1. The number of cyclic esters (lactones) is 1. The Morgan fingerprint density at radius 1 is 1.02 bits per heavy atom. The molecule has 0 saturated carbocycles. The van der Waals surface area contributed by atoms with Gasteiger partial charge in [0.05, 0.1) is 36.4 Å². The molecule has 6 heterocycles. The van der Waals surface area contributed by atoms with E-state index in [1.165, 1.54) is 34.1 Å². The van der Waals surface area contributed by atoms with Crippen LogP contribution in [0.5, 0.6) is 0 Å².